The average molecular weight is 473 g/mol. The van der Waals surface area contributed by atoms with Crippen LogP contribution in [0, 0.1) is 5.82 Å². The number of fused-ring (bicyclic) bond motifs is 1. The highest BCUT2D eigenvalue weighted by Gasteiger charge is 2.28. The van der Waals surface area contributed by atoms with Gasteiger partial charge >= 0.3 is 0 Å². The van der Waals surface area contributed by atoms with Crippen molar-refractivity contribution in [2.75, 3.05) is 5.32 Å². The molecule has 1 heterocycles. The molecule has 1 N–H and O–H groups in total. The minimum absolute atomic E-state index is 0.210. The van der Waals surface area contributed by atoms with Crippen LogP contribution in [-0.4, -0.2) is 20.9 Å². The van der Waals surface area contributed by atoms with E-state index >= 15 is 0 Å². The van der Waals surface area contributed by atoms with Gasteiger partial charge in [-0.15, -0.1) is 0 Å². The summed E-state index contributed by atoms with van der Waals surface area (Å²) in [6, 6.07) is 27.8. The molecule has 1 atom stereocenters. The molecular weight excluding hydrogens is 447 g/mol. The van der Waals surface area contributed by atoms with E-state index < -0.39 is 0 Å². The summed E-state index contributed by atoms with van der Waals surface area (Å²) in [7, 11) is 0. The third kappa shape index (κ3) is 5.44. The van der Waals surface area contributed by atoms with Gasteiger partial charge in [-0.05, 0) is 60.2 Å². The van der Waals surface area contributed by atoms with Crippen molar-refractivity contribution in [2.24, 2.45) is 0 Å². The fraction of sp³-hybridized carbons (Fsp3) is 0.214. The van der Waals surface area contributed by atoms with E-state index in [0.717, 1.165) is 43.6 Å². The van der Waals surface area contributed by atoms with Gasteiger partial charge in [0.05, 0.1) is 5.69 Å². The lowest BCUT2D eigenvalue weighted by molar-refractivity contribution is 0.161. The second kappa shape index (κ2) is 10.3. The molecule has 6 heteroatoms. The lowest BCUT2D eigenvalue weighted by atomic mass is 9.90. The molecule has 0 saturated carbocycles. The molecule has 1 aromatic heterocycles. The Bertz CT molecular complexity index is 1210. The minimum Gasteiger partial charge on any atom is -0.340 e. The first-order valence-corrected chi connectivity index (χ1v) is 11.9. The van der Waals surface area contributed by atoms with Crippen molar-refractivity contribution in [1.82, 2.24) is 14.9 Å². The van der Waals surface area contributed by atoms with E-state index in [1.165, 1.54) is 23.3 Å². The van der Waals surface area contributed by atoms with Crippen LogP contribution in [0.4, 0.5) is 15.9 Å². The summed E-state index contributed by atoms with van der Waals surface area (Å²) in [5, 5.41) is 3.49. The summed E-state index contributed by atoms with van der Waals surface area (Å²) in [5.41, 5.74) is 5.24. The van der Waals surface area contributed by atoms with Crippen molar-refractivity contribution in [3.63, 3.8) is 0 Å². The second-order valence-electron chi connectivity index (χ2n) is 8.67. The molecular formula is C28H26ClFN4. The zero-order valence-corrected chi connectivity index (χ0v) is 19.5. The van der Waals surface area contributed by atoms with E-state index in [1.54, 1.807) is 6.07 Å². The van der Waals surface area contributed by atoms with Crippen molar-refractivity contribution in [3.05, 3.63) is 118 Å². The number of nitrogens with one attached hydrogen (secondary N) is 1. The Morgan fingerprint density at radius 3 is 2.21 bits per heavy atom. The second-order valence-corrected chi connectivity index (χ2v) is 9.01. The summed E-state index contributed by atoms with van der Waals surface area (Å²) in [6.45, 7) is 1.72. The van der Waals surface area contributed by atoms with Crippen LogP contribution in [0.1, 0.15) is 28.8 Å². The molecule has 0 amide bonds. The van der Waals surface area contributed by atoms with E-state index in [0.29, 0.717) is 17.5 Å². The fourth-order valence-corrected chi connectivity index (χ4v) is 4.82. The molecule has 1 aliphatic carbocycles. The Labute approximate surface area is 204 Å². The zero-order chi connectivity index (χ0) is 23.3. The first kappa shape index (κ1) is 22.5. The van der Waals surface area contributed by atoms with Crippen molar-refractivity contribution >= 4 is 23.1 Å². The molecule has 0 aliphatic heterocycles. The Morgan fingerprint density at radius 2 is 1.56 bits per heavy atom. The lowest BCUT2D eigenvalue weighted by Crippen LogP contribution is -2.39. The number of rotatable bonds is 7. The number of anilines is 2. The van der Waals surface area contributed by atoms with Crippen LogP contribution in [0.25, 0.3) is 0 Å². The van der Waals surface area contributed by atoms with Gasteiger partial charge in [0.15, 0.2) is 0 Å². The smallest absolute Gasteiger partial charge is 0.224 e. The lowest BCUT2D eigenvalue weighted by Gasteiger charge is -2.35. The molecule has 0 fully saturated rings. The molecule has 0 spiro atoms. The largest absolute Gasteiger partial charge is 0.340 e. The highest BCUT2D eigenvalue weighted by Crippen LogP contribution is 2.32. The number of benzene rings is 3. The Balaban J connectivity index is 1.44. The summed E-state index contributed by atoms with van der Waals surface area (Å²) in [6.07, 6.45) is 2.60. The van der Waals surface area contributed by atoms with Crippen LogP contribution in [-0.2, 0) is 25.9 Å². The predicted octanol–water partition coefficient (Wildman–Crippen LogP) is 6.57. The minimum atomic E-state index is -0.297. The van der Waals surface area contributed by atoms with Gasteiger partial charge in [-0.1, -0.05) is 66.7 Å². The number of hydrogen-bond donors (Lipinski definition) is 1. The molecule has 34 heavy (non-hydrogen) atoms. The fourth-order valence-electron chi connectivity index (χ4n) is 4.63. The van der Waals surface area contributed by atoms with Gasteiger partial charge in [-0.3, -0.25) is 4.90 Å². The van der Waals surface area contributed by atoms with Crippen molar-refractivity contribution in [2.45, 2.75) is 38.4 Å². The molecule has 4 nitrogen and oxygen atoms in total. The van der Waals surface area contributed by atoms with E-state index in [2.05, 4.69) is 68.7 Å². The van der Waals surface area contributed by atoms with Crippen LogP contribution in [0.2, 0.25) is 5.28 Å². The number of nitrogens with zero attached hydrogens (tertiary/aromatic N) is 3. The van der Waals surface area contributed by atoms with Crippen LogP contribution in [0.15, 0.2) is 84.9 Å². The number of aryl methyl sites for hydroxylation is 1. The Morgan fingerprint density at radius 1 is 0.882 bits per heavy atom. The standard InChI is InChI=1S/C28H26ClFN4/c29-28-32-26-15-14-24(17-25(26)27(33-28)31-23-13-7-12-22(30)16-23)34(18-20-8-3-1-4-9-20)19-21-10-5-2-6-11-21/h1-13,16,24H,14-15,17-19H2,(H,31,32,33). The van der Waals surface area contributed by atoms with Crippen LogP contribution < -0.4 is 5.32 Å². The Kier molecular flexibility index (Phi) is 6.84. The maximum atomic E-state index is 13.8. The molecule has 1 unspecified atom stereocenters. The van der Waals surface area contributed by atoms with Gasteiger partial charge < -0.3 is 5.32 Å². The predicted molar refractivity (Wildman–Crippen MR) is 135 cm³/mol. The maximum absolute atomic E-state index is 13.8. The van der Waals surface area contributed by atoms with Crippen LogP contribution in [0.3, 0.4) is 0 Å². The highest BCUT2D eigenvalue weighted by atomic mass is 35.5. The van der Waals surface area contributed by atoms with Gasteiger partial charge in [0.2, 0.25) is 5.28 Å². The van der Waals surface area contributed by atoms with E-state index in [4.69, 9.17) is 11.6 Å². The summed E-state index contributed by atoms with van der Waals surface area (Å²) in [5.74, 6) is 0.360. The van der Waals surface area contributed by atoms with Gasteiger partial charge in [0.1, 0.15) is 11.6 Å². The van der Waals surface area contributed by atoms with Crippen molar-refractivity contribution < 1.29 is 4.39 Å². The molecule has 0 radical (unpaired) electrons. The molecule has 1 aliphatic rings. The van der Waals surface area contributed by atoms with Gasteiger partial charge in [-0.25, -0.2) is 14.4 Å². The summed E-state index contributed by atoms with van der Waals surface area (Å²) < 4.78 is 13.8. The molecule has 3 aromatic carbocycles. The quantitative estimate of drug-likeness (QED) is 0.309. The number of halogens is 2. The van der Waals surface area contributed by atoms with Crippen molar-refractivity contribution in [1.29, 1.82) is 0 Å². The summed E-state index contributed by atoms with van der Waals surface area (Å²) >= 11 is 6.25. The monoisotopic (exact) mass is 472 g/mol. The molecule has 172 valence electrons. The zero-order valence-electron chi connectivity index (χ0n) is 18.8. The SMILES string of the molecule is Fc1cccc(Nc2nc(Cl)nc3c2CC(N(Cc2ccccc2)Cc2ccccc2)CC3)c1. The highest BCUT2D eigenvalue weighted by molar-refractivity contribution is 6.28. The number of hydrogen-bond acceptors (Lipinski definition) is 4. The van der Waals surface area contributed by atoms with Crippen LogP contribution >= 0.6 is 11.6 Å². The van der Waals surface area contributed by atoms with Gasteiger partial charge in [0.25, 0.3) is 0 Å². The van der Waals surface area contributed by atoms with Gasteiger partial charge in [-0.2, -0.15) is 0 Å². The first-order chi connectivity index (χ1) is 16.6. The Hall–Kier alpha value is -3.28. The molecule has 4 aromatic rings. The third-order valence-electron chi connectivity index (χ3n) is 6.28. The first-order valence-electron chi connectivity index (χ1n) is 11.5. The molecule has 0 bridgehead atoms. The molecule has 5 rings (SSSR count). The van der Waals surface area contributed by atoms with Gasteiger partial charge in [0, 0.05) is 30.4 Å². The van der Waals surface area contributed by atoms with Crippen molar-refractivity contribution in [3.8, 4) is 0 Å². The number of aromatic nitrogens is 2. The van der Waals surface area contributed by atoms with E-state index in [1.807, 2.05) is 18.2 Å². The average Bonchev–Trinajstić information content (AvgIpc) is 2.85. The maximum Gasteiger partial charge on any atom is 0.224 e. The summed E-state index contributed by atoms with van der Waals surface area (Å²) in [4.78, 5) is 11.5. The van der Waals surface area contributed by atoms with E-state index in [9.17, 15) is 4.39 Å². The van der Waals surface area contributed by atoms with E-state index in [-0.39, 0.29) is 11.1 Å². The third-order valence-corrected chi connectivity index (χ3v) is 6.45. The topological polar surface area (TPSA) is 41.1 Å². The normalized spacial score (nSPS) is 15.2. The molecule has 0 saturated heterocycles. The van der Waals surface area contributed by atoms with Crippen LogP contribution in [0.5, 0.6) is 0 Å².